The zero-order valence-corrected chi connectivity index (χ0v) is 9.08. The molecule has 0 amide bonds. The Hall–Kier alpha value is -0.900. The van der Waals surface area contributed by atoms with Crippen LogP contribution in [0.15, 0.2) is 12.1 Å². The molecule has 0 radical (unpaired) electrons. The highest BCUT2D eigenvalue weighted by molar-refractivity contribution is 6.33. The zero-order valence-electron chi connectivity index (χ0n) is 8.32. The van der Waals surface area contributed by atoms with Crippen LogP contribution >= 0.6 is 11.6 Å². The molecule has 0 saturated heterocycles. The maximum Gasteiger partial charge on any atom is 0.418 e. The van der Waals surface area contributed by atoms with Crippen LogP contribution in [0.4, 0.5) is 18.9 Å². The van der Waals surface area contributed by atoms with Gasteiger partial charge in [0.05, 0.1) is 16.3 Å². The van der Waals surface area contributed by atoms with E-state index in [0.717, 1.165) is 6.07 Å². The van der Waals surface area contributed by atoms with Gasteiger partial charge in [-0.15, -0.1) is 0 Å². The van der Waals surface area contributed by atoms with Crippen molar-refractivity contribution < 1.29 is 13.2 Å². The maximum absolute atomic E-state index is 12.5. The Morgan fingerprint density at radius 3 is 2.20 bits per heavy atom. The number of nitrogens with two attached hydrogens (primary N) is 1. The summed E-state index contributed by atoms with van der Waals surface area (Å²) in [5.41, 5.74) is 4.54. The van der Waals surface area contributed by atoms with E-state index in [2.05, 4.69) is 0 Å². The SMILES string of the molecule is CC(C)c1cc(Cl)c(N)c(C(F)(F)F)c1. The van der Waals surface area contributed by atoms with E-state index in [-0.39, 0.29) is 10.9 Å². The second-order valence-corrected chi connectivity index (χ2v) is 4.02. The minimum atomic E-state index is -4.46. The van der Waals surface area contributed by atoms with Gasteiger partial charge in [-0.3, -0.25) is 0 Å². The summed E-state index contributed by atoms with van der Waals surface area (Å²) in [5.74, 6) is -0.0239. The highest BCUT2D eigenvalue weighted by atomic mass is 35.5. The highest BCUT2D eigenvalue weighted by Crippen LogP contribution is 2.38. The molecule has 0 aliphatic carbocycles. The van der Waals surface area contributed by atoms with Crippen LogP contribution in [-0.2, 0) is 6.18 Å². The standard InChI is InChI=1S/C10H11ClF3N/c1-5(2)6-3-7(10(12,13)14)9(15)8(11)4-6/h3-5H,15H2,1-2H3. The largest absolute Gasteiger partial charge is 0.418 e. The van der Waals surface area contributed by atoms with Crippen molar-refractivity contribution in [3.63, 3.8) is 0 Å². The molecule has 5 heteroatoms. The molecule has 1 aromatic carbocycles. The van der Waals surface area contributed by atoms with E-state index in [4.69, 9.17) is 17.3 Å². The number of hydrogen-bond acceptors (Lipinski definition) is 1. The van der Waals surface area contributed by atoms with E-state index < -0.39 is 17.4 Å². The van der Waals surface area contributed by atoms with E-state index in [9.17, 15) is 13.2 Å². The first-order valence-corrected chi connectivity index (χ1v) is 4.77. The molecular formula is C10H11ClF3N. The molecule has 0 saturated carbocycles. The lowest BCUT2D eigenvalue weighted by Gasteiger charge is -2.15. The monoisotopic (exact) mass is 237 g/mol. The van der Waals surface area contributed by atoms with Crippen molar-refractivity contribution in [2.24, 2.45) is 0 Å². The molecule has 0 atom stereocenters. The zero-order chi connectivity index (χ0) is 11.8. The molecule has 0 unspecified atom stereocenters. The predicted molar refractivity (Wildman–Crippen MR) is 55.0 cm³/mol. The van der Waals surface area contributed by atoms with Crippen LogP contribution < -0.4 is 5.73 Å². The van der Waals surface area contributed by atoms with Crippen molar-refractivity contribution in [2.45, 2.75) is 25.9 Å². The first-order valence-electron chi connectivity index (χ1n) is 4.39. The second kappa shape index (κ2) is 3.93. The van der Waals surface area contributed by atoms with Crippen LogP contribution in [0.5, 0.6) is 0 Å². The topological polar surface area (TPSA) is 26.0 Å². The Morgan fingerprint density at radius 1 is 1.27 bits per heavy atom. The average molecular weight is 238 g/mol. The summed E-state index contributed by atoms with van der Waals surface area (Å²) in [4.78, 5) is 0. The molecule has 0 bridgehead atoms. The van der Waals surface area contributed by atoms with Gasteiger partial charge in [0.15, 0.2) is 0 Å². The van der Waals surface area contributed by atoms with Crippen molar-refractivity contribution in [3.05, 3.63) is 28.3 Å². The third-order valence-electron chi connectivity index (χ3n) is 2.12. The molecule has 0 aliphatic heterocycles. The number of rotatable bonds is 1. The molecule has 1 rings (SSSR count). The fraction of sp³-hybridized carbons (Fsp3) is 0.400. The molecule has 2 N–H and O–H groups in total. The summed E-state index contributed by atoms with van der Waals surface area (Å²) in [5, 5.41) is -0.0477. The number of benzene rings is 1. The van der Waals surface area contributed by atoms with Crippen LogP contribution in [0.25, 0.3) is 0 Å². The van der Waals surface area contributed by atoms with Gasteiger partial charge in [-0.25, -0.2) is 0 Å². The van der Waals surface area contributed by atoms with Crippen LogP contribution in [0.3, 0.4) is 0 Å². The number of halogens is 4. The fourth-order valence-corrected chi connectivity index (χ4v) is 1.43. The number of hydrogen-bond donors (Lipinski definition) is 1. The summed E-state index contributed by atoms with van der Waals surface area (Å²) < 4.78 is 37.6. The third kappa shape index (κ3) is 2.56. The van der Waals surface area contributed by atoms with Crippen molar-refractivity contribution in [1.29, 1.82) is 0 Å². The smallest absolute Gasteiger partial charge is 0.397 e. The van der Waals surface area contributed by atoms with E-state index in [1.807, 2.05) is 0 Å². The summed E-state index contributed by atoms with van der Waals surface area (Å²) in [6, 6.07) is 2.52. The summed E-state index contributed by atoms with van der Waals surface area (Å²) in [6.07, 6.45) is -4.46. The Morgan fingerprint density at radius 2 is 1.80 bits per heavy atom. The maximum atomic E-state index is 12.5. The van der Waals surface area contributed by atoms with Crippen LogP contribution in [0, 0.1) is 0 Å². The van der Waals surface area contributed by atoms with E-state index >= 15 is 0 Å². The number of alkyl halides is 3. The summed E-state index contributed by atoms with van der Waals surface area (Å²) in [7, 11) is 0. The Kier molecular flexibility index (Phi) is 3.19. The molecular weight excluding hydrogens is 227 g/mol. The van der Waals surface area contributed by atoms with Gasteiger partial charge in [0.25, 0.3) is 0 Å². The molecule has 84 valence electrons. The van der Waals surface area contributed by atoms with Gasteiger partial charge in [-0.05, 0) is 23.6 Å². The highest BCUT2D eigenvalue weighted by Gasteiger charge is 2.34. The molecule has 0 aromatic heterocycles. The quantitative estimate of drug-likeness (QED) is 0.733. The second-order valence-electron chi connectivity index (χ2n) is 3.62. The Balaban J connectivity index is 3.38. The minimum Gasteiger partial charge on any atom is -0.397 e. The van der Waals surface area contributed by atoms with Gasteiger partial charge < -0.3 is 5.73 Å². The minimum absolute atomic E-state index is 0.0239. The lowest BCUT2D eigenvalue weighted by molar-refractivity contribution is -0.136. The fourth-order valence-electron chi connectivity index (χ4n) is 1.21. The molecule has 1 nitrogen and oxygen atoms in total. The van der Waals surface area contributed by atoms with Crippen molar-refractivity contribution in [3.8, 4) is 0 Å². The predicted octanol–water partition coefficient (Wildman–Crippen LogP) is 4.06. The van der Waals surface area contributed by atoms with Gasteiger partial charge in [0.2, 0.25) is 0 Å². The van der Waals surface area contributed by atoms with Crippen molar-refractivity contribution in [1.82, 2.24) is 0 Å². The molecule has 0 aliphatic rings. The van der Waals surface area contributed by atoms with E-state index in [1.54, 1.807) is 13.8 Å². The normalized spacial score (nSPS) is 12.2. The Labute approximate surface area is 91.0 Å². The van der Waals surface area contributed by atoms with E-state index in [1.165, 1.54) is 6.07 Å². The first-order chi connectivity index (χ1) is 6.73. The van der Waals surface area contributed by atoms with Gasteiger partial charge in [0, 0.05) is 0 Å². The van der Waals surface area contributed by atoms with Gasteiger partial charge in [-0.1, -0.05) is 25.4 Å². The van der Waals surface area contributed by atoms with Crippen LogP contribution in [0.1, 0.15) is 30.9 Å². The number of nitrogen functional groups attached to an aromatic ring is 1. The molecule has 15 heavy (non-hydrogen) atoms. The van der Waals surface area contributed by atoms with Crippen molar-refractivity contribution in [2.75, 3.05) is 5.73 Å². The molecule has 0 spiro atoms. The van der Waals surface area contributed by atoms with Gasteiger partial charge in [-0.2, -0.15) is 13.2 Å². The van der Waals surface area contributed by atoms with Crippen molar-refractivity contribution >= 4 is 17.3 Å². The first kappa shape index (κ1) is 12.2. The number of anilines is 1. The lowest BCUT2D eigenvalue weighted by atomic mass is 9.99. The summed E-state index contributed by atoms with van der Waals surface area (Å²) >= 11 is 5.64. The van der Waals surface area contributed by atoms with Crippen LogP contribution in [-0.4, -0.2) is 0 Å². The van der Waals surface area contributed by atoms with Gasteiger partial charge in [0.1, 0.15) is 0 Å². The molecule has 0 heterocycles. The lowest BCUT2D eigenvalue weighted by Crippen LogP contribution is -2.10. The average Bonchev–Trinajstić information content (AvgIpc) is 2.06. The third-order valence-corrected chi connectivity index (χ3v) is 2.44. The Bertz CT molecular complexity index is 372. The molecule has 0 fully saturated rings. The van der Waals surface area contributed by atoms with E-state index in [0.29, 0.717) is 5.56 Å². The van der Waals surface area contributed by atoms with Crippen LogP contribution in [0.2, 0.25) is 5.02 Å². The summed E-state index contributed by atoms with van der Waals surface area (Å²) in [6.45, 7) is 3.59. The molecule has 1 aromatic rings. The van der Waals surface area contributed by atoms with Gasteiger partial charge >= 0.3 is 6.18 Å².